The summed E-state index contributed by atoms with van der Waals surface area (Å²) in [5.41, 5.74) is 0.000610. The van der Waals surface area contributed by atoms with Crippen LogP contribution in [0.25, 0.3) is 0 Å². The van der Waals surface area contributed by atoms with Crippen molar-refractivity contribution in [3.63, 3.8) is 0 Å². The van der Waals surface area contributed by atoms with E-state index in [-0.39, 0.29) is 21.4 Å². The van der Waals surface area contributed by atoms with Gasteiger partial charge in [-0.3, -0.25) is 9.59 Å². The maximum atomic E-state index is 12.3. The maximum Gasteiger partial charge on any atom is 0.306 e. The molecule has 0 amide bonds. The summed E-state index contributed by atoms with van der Waals surface area (Å²) >= 11 is 3.92. The Labute approximate surface area is 150 Å². The Hall–Kier alpha value is -1.22. The van der Waals surface area contributed by atoms with Crippen molar-refractivity contribution >= 4 is 33.4 Å². The quantitative estimate of drug-likeness (QED) is 0.424. The SMILES string of the molecule is CC(=N)C(C#N)C(=O)COC(=O)CC12C[C@@H]3C[C@H](CC(Br)(C3)C1)C2. The Morgan fingerprint density at radius 2 is 1.96 bits per heavy atom. The Balaban J connectivity index is 1.57. The third kappa shape index (κ3) is 3.42. The van der Waals surface area contributed by atoms with Gasteiger partial charge in [0, 0.05) is 10.0 Å². The normalized spacial score (nSPS) is 37.5. The zero-order valence-corrected chi connectivity index (χ0v) is 15.5. The molecule has 4 aliphatic rings. The lowest BCUT2D eigenvalue weighted by atomic mass is 9.49. The number of rotatable bonds is 6. The van der Waals surface area contributed by atoms with Gasteiger partial charge in [-0.25, -0.2) is 0 Å². The summed E-state index contributed by atoms with van der Waals surface area (Å²) in [6, 6.07) is 1.78. The molecular formula is C18H23BrN2O3. The minimum atomic E-state index is -1.11. The highest BCUT2D eigenvalue weighted by atomic mass is 79.9. The van der Waals surface area contributed by atoms with Crippen molar-refractivity contribution in [1.82, 2.24) is 0 Å². The number of Topliss-reactive ketones (excluding diaryl/α,β-unsaturated/α-hetero) is 1. The number of carbonyl (C=O) groups is 2. The third-order valence-corrected chi connectivity index (χ3v) is 6.82. The first-order chi connectivity index (χ1) is 11.2. The molecule has 24 heavy (non-hydrogen) atoms. The number of esters is 1. The minimum Gasteiger partial charge on any atom is -0.458 e. The van der Waals surface area contributed by atoms with Crippen LogP contribution in [-0.2, 0) is 14.3 Å². The number of nitrogens with zero attached hydrogens (tertiary/aromatic N) is 1. The van der Waals surface area contributed by atoms with Crippen molar-refractivity contribution in [3.8, 4) is 6.07 Å². The van der Waals surface area contributed by atoms with Gasteiger partial charge in [0.2, 0.25) is 0 Å². The van der Waals surface area contributed by atoms with Crippen molar-refractivity contribution in [2.45, 2.75) is 56.2 Å². The zero-order valence-electron chi connectivity index (χ0n) is 13.9. The monoisotopic (exact) mass is 394 g/mol. The molecule has 4 aliphatic carbocycles. The van der Waals surface area contributed by atoms with E-state index < -0.39 is 18.3 Å². The Kier molecular flexibility index (Phi) is 4.59. The first kappa shape index (κ1) is 17.6. The number of hydrogen-bond donors (Lipinski definition) is 1. The molecule has 5 nitrogen and oxygen atoms in total. The highest BCUT2D eigenvalue weighted by Gasteiger charge is 2.57. The highest BCUT2D eigenvalue weighted by Crippen LogP contribution is 2.65. The summed E-state index contributed by atoms with van der Waals surface area (Å²) in [6.45, 7) is 1.01. The van der Waals surface area contributed by atoms with Gasteiger partial charge < -0.3 is 10.1 Å². The lowest BCUT2D eigenvalue weighted by molar-refractivity contribution is -0.154. The van der Waals surface area contributed by atoms with Crippen molar-refractivity contribution in [2.75, 3.05) is 6.61 Å². The van der Waals surface area contributed by atoms with E-state index in [9.17, 15) is 9.59 Å². The standard InChI is InChI=1S/C18H23BrN2O3/c1-11(21)14(8-20)15(22)9-24-16(23)7-17-3-12-2-13(4-17)6-18(19,5-12)10-17/h12-14,21H,2-7,9-10H2,1H3/t12-,13-,14?,17?,18?/m0/s1. The molecular weight excluding hydrogens is 372 g/mol. The third-order valence-electron chi connectivity index (χ3n) is 5.89. The molecule has 0 spiro atoms. The number of alkyl halides is 1. The molecule has 0 aromatic rings. The maximum absolute atomic E-state index is 12.3. The Morgan fingerprint density at radius 3 is 2.46 bits per heavy atom. The molecule has 0 heterocycles. The van der Waals surface area contributed by atoms with Gasteiger partial charge >= 0.3 is 5.97 Å². The topological polar surface area (TPSA) is 91.0 Å². The molecule has 0 saturated heterocycles. The summed E-state index contributed by atoms with van der Waals surface area (Å²) in [7, 11) is 0. The smallest absolute Gasteiger partial charge is 0.306 e. The van der Waals surface area contributed by atoms with Gasteiger partial charge in [-0.15, -0.1) is 0 Å². The fraction of sp³-hybridized carbons (Fsp3) is 0.778. The molecule has 130 valence electrons. The van der Waals surface area contributed by atoms with Crippen LogP contribution >= 0.6 is 15.9 Å². The van der Waals surface area contributed by atoms with Gasteiger partial charge in [0.25, 0.3) is 0 Å². The second kappa shape index (κ2) is 6.25. The first-order valence-electron chi connectivity index (χ1n) is 8.56. The summed E-state index contributed by atoms with van der Waals surface area (Å²) < 4.78 is 5.35. The first-order valence-corrected chi connectivity index (χ1v) is 9.35. The molecule has 1 N–H and O–H groups in total. The summed E-state index contributed by atoms with van der Waals surface area (Å²) in [6.07, 6.45) is 7.24. The molecule has 3 atom stereocenters. The number of ether oxygens (including phenoxy) is 1. The van der Waals surface area contributed by atoms with Crippen LogP contribution in [0, 0.1) is 39.9 Å². The lowest BCUT2D eigenvalue weighted by Gasteiger charge is -2.60. The van der Waals surface area contributed by atoms with Crippen molar-refractivity contribution in [3.05, 3.63) is 0 Å². The average Bonchev–Trinajstić information content (AvgIpc) is 2.42. The summed E-state index contributed by atoms with van der Waals surface area (Å²) in [5.74, 6) is -0.572. The van der Waals surface area contributed by atoms with E-state index in [0.717, 1.165) is 19.3 Å². The predicted molar refractivity (Wildman–Crippen MR) is 91.9 cm³/mol. The summed E-state index contributed by atoms with van der Waals surface area (Å²) in [5, 5.41) is 16.3. The molecule has 6 heteroatoms. The molecule has 1 unspecified atom stereocenters. The van der Waals surface area contributed by atoms with E-state index >= 15 is 0 Å². The van der Waals surface area contributed by atoms with Crippen LogP contribution in [0.2, 0.25) is 0 Å². The van der Waals surface area contributed by atoms with Gasteiger partial charge in [-0.05, 0) is 62.7 Å². The van der Waals surface area contributed by atoms with E-state index in [2.05, 4.69) is 15.9 Å². The molecule has 0 aromatic heterocycles. The van der Waals surface area contributed by atoms with E-state index in [4.69, 9.17) is 15.4 Å². The molecule has 4 fully saturated rings. The summed E-state index contributed by atoms with van der Waals surface area (Å²) in [4.78, 5) is 24.2. The number of carbonyl (C=O) groups excluding carboxylic acids is 2. The van der Waals surface area contributed by atoms with Crippen LogP contribution in [-0.4, -0.2) is 28.4 Å². The van der Waals surface area contributed by atoms with Crippen molar-refractivity contribution < 1.29 is 14.3 Å². The second-order valence-corrected chi connectivity index (χ2v) is 9.84. The largest absolute Gasteiger partial charge is 0.458 e. The van der Waals surface area contributed by atoms with E-state index in [1.54, 1.807) is 6.07 Å². The Morgan fingerprint density at radius 1 is 1.33 bits per heavy atom. The van der Waals surface area contributed by atoms with Crippen molar-refractivity contribution in [1.29, 1.82) is 10.7 Å². The van der Waals surface area contributed by atoms with E-state index in [1.165, 1.54) is 26.2 Å². The lowest BCUT2D eigenvalue weighted by Crippen LogP contribution is -2.53. The van der Waals surface area contributed by atoms with Crippen LogP contribution < -0.4 is 0 Å². The van der Waals surface area contributed by atoms with E-state index in [0.29, 0.717) is 18.3 Å². The number of nitriles is 1. The number of ketones is 1. The second-order valence-electron chi connectivity index (χ2n) is 8.16. The zero-order chi connectivity index (χ0) is 17.5. The number of halogens is 1. The molecule has 4 saturated carbocycles. The van der Waals surface area contributed by atoms with Crippen LogP contribution in [0.5, 0.6) is 0 Å². The Bertz CT molecular complexity index is 610. The number of hydrogen-bond acceptors (Lipinski definition) is 5. The average molecular weight is 395 g/mol. The fourth-order valence-corrected chi connectivity index (χ4v) is 7.06. The van der Waals surface area contributed by atoms with Gasteiger partial charge in [0.05, 0.1) is 12.5 Å². The molecule has 0 aromatic carbocycles. The number of nitrogens with one attached hydrogen (secondary N) is 1. The van der Waals surface area contributed by atoms with Gasteiger partial charge in [0.1, 0.15) is 5.92 Å². The fourth-order valence-electron chi connectivity index (χ4n) is 5.55. The molecule has 0 aliphatic heterocycles. The molecule has 0 radical (unpaired) electrons. The van der Waals surface area contributed by atoms with E-state index in [1.807, 2.05) is 0 Å². The molecule has 4 bridgehead atoms. The van der Waals surface area contributed by atoms with Gasteiger partial charge in [-0.2, -0.15) is 5.26 Å². The molecule has 4 rings (SSSR count). The van der Waals surface area contributed by atoms with Gasteiger partial charge in [-0.1, -0.05) is 15.9 Å². The van der Waals surface area contributed by atoms with Gasteiger partial charge in [0.15, 0.2) is 12.4 Å². The van der Waals surface area contributed by atoms with Crippen LogP contribution in [0.3, 0.4) is 0 Å². The van der Waals surface area contributed by atoms with Crippen LogP contribution in [0.4, 0.5) is 0 Å². The minimum absolute atomic E-state index is 0.0131. The highest BCUT2D eigenvalue weighted by molar-refractivity contribution is 9.10. The van der Waals surface area contributed by atoms with Crippen molar-refractivity contribution in [2.24, 2.45) is 23.2 Å². The predicted octanol–water partition coefficient (Wildman–Crippen LogP) is 3.40. The van der Waals surface area contributed by atoms with Crippen LogP contribution in [0.15, 0.2) is 0 Å². The van der Waals surface area contributed by atoms with Crippen LogP contribution in [0.1, 0.15) is 51.9 Å².